The summed E-state index contributed by atoms with van der Waals surface area (Å²) < 4.78 is 50.5. The predicted molar refractivity (Wildman–Crippen MR) is 128 cm³/mol. The van der Waals surface area contributed by atoms with Crippen LogP contribution < -0.4 is 14.8 Å². The van der Waals surface area contributed by atoms with Crippen LogP contribution >= 0.6 is 43.6 Å². The molecule has 1 aliphatic rings. The second-order valence-electron chi connectivity index (χ2n) is 6.75. The number of alkyl halides is 3. The number of methoxy groups -OCH3 is 2. The average Bonchev–Trinajstić information content (AvgIpc) is 3.00. The van der Waals surface area contributed by atoms with E-state index in [1.54, 1.807) is 12.1 Å². The molecule has 2 aromatic rings. The minimum absolute atomic E-state index is 0.00829. The van der Waals surface area contributed by atoms with Crippen molar-refractivity contribution in [3.05, 3.63) is 55.3 Å². The number of halogens is 5. The molecule has 1 aliphatic heterocycles. The highest BCUT2D eigenvalue weighted by Crippen LogP contribution is 2.38. The lowest BCUT2D eigenvalue weighted by Gasteiger charge is -2.16. The topological polar surface area (TPSA) is 84.9 Å². The standard InChI is InChI=1S/C21H15Br2F3N2O5S/c1-32-15-4-3-11(21(24,25)26)8-14(15)27-17(29)9-28-19(30)16(34-20(28)31)7-10-5-12(22)18(33-2)13(23)6-10/h3-8H,9H2,1-2H3,(H,27,29)/b16-7-. The number of benzene rings is 2. The van der Waals surface area contributed by atoms with Gasteiger partial charge in [0.2, 0.25) is 5.91 Å². The van der Waals surface area contributed by atoms with Gasteiger partial charge < -0.3 is 14.8 Å². The van der Waals surface area contributed by atoms with E-state index in [0.717, 1.165) is 12.1 Å². The van der Waals surface area contributed by atoms with E-state index in [-0.39, 0.29) is 16.3 Å². The summed E-state index contributed by atoms with van der Waals surface area (Å²) in [6.45, 7) is -0.683. The number of amides is 3. The van der Waals surface area contributed by atoms with Crippen LogP contribution in [0.5, 0.6) is 11.5 Å². The minimum Gasteiger partial charge on any atom is -0.495 e. The molecule has 1 saturated heterocycles. The average molecular weight is 624 g/mol. The van der Waals surface area contributed by atoms with Crippen LogP contribution in [0.15, 0.2) is 44.2 Å². The Labute approximate surface area is 212 Å². The molecule has 7 nitrogen and oxygen atoms in total. The van der Waals surface area contributed by atoms with Gasteiger partial charge in [0.15, 0.2) is 0 Å². The monoisotopic (exact) mass is 622 g/mol. The van der Waals surface area contributed by atoms with Crippen LogP contribution in [0.3, 0.4) is 0 Å². The molecule has 0 bridgehead atoms. The lowest BCUT2D eigenvalue weighted by atomic mass is 10.1. The van der Waals surface area contributed by atoms with Crippen LogP contribution in [0.25, 0.3) is 6.08 Å². The summed E-state index contributed by atoms with van der Waals surface area (Å²) in [7, 11) is 2.73. The van der Waals surface area contributed by atoms with Crippen molar-refractivity contribution < 1.29 is 37.0 Å². The highest BCUT2D eigenvalue weighted by atomic mass is 79.9. The minimum atomic E-state index is -4.63. The molecule has 13 heteroatoms. The first-order valence-corrected chi connectivity index (χ1v) is 11.7. The van der Waals surface area contributed by atoms with Gasteiger partial charge in [-0.25, -0.2) is 0 Å². The van der Waals surface area contributed by atoms with Gasteiger partial charge >= 0.3 is 6.18 Å². The maximum absolute atomic E-state index is 13.0. The molecular weight excluding hydrogens is 609 g/mol. The van der Waals surface area contributed by atoms with Gasteiger partial charge in [-0.3, -0.25) is 19.3 Å². The first-order valence-electron chi connectivity index (χ1n) is 9.28. The molecule has 180 valence electrons. The largest absolute Gasteiger partial charge is 0.495 e. The quantitative estimate of drug-likeness (QED) is 0.402. The van der Waals surface area contributed by atoms with Crippen LogP contribution in [0.2, 0.25) is 0 Å². The van der Waals surface area contributed by atoms with Gasteiger partial charge in [0, 0.05) is 0 Å². The highest BCUT2D eigenvalue weighted by molar-refractivity contribution is 9.11. The van der Waals surface area contributed by atoms with Gasteiger partial charge in [-0.1, -0.05) is 0 Å². The molecule has 0 spiro atoms. The number of nitrogens with one attached hydrogen (secondary N) is 1. The summed E-state index contributed by atoms with van der Waals surface area (Å²) in [5.74, 6) is -1.03. The fraction of sp³-hybridized carbons (Fsp3) is 0.190. The lowest BCUT2D eigenvalue weighted by Crippen LogP contribution is -2.36. The zero-order chi connectivity index (χ0) is 25.2. The summed E-state index contributed by atoms with van der Waals surface area (Å²) in [5, 5.41) is 1.58. The van der Waals surface area contributed by atoms with Crippen molar-refractivity contribution in [2.24, 2.45) is 0 Å². The molecular formula is C21H15Br2F3N2O5S. The summed E-state index contributed by atoms with van der Waals surface area (Å²) >= 11 is 7.35. The Hall–Kier alpha value is -2.51. The fourth-order valence-electron chi connectivity index (χ4n) is 2.96. The Kier molecular flexibility index (Phi) is 7.98. The van der Waals surface area contributed by atoms with Gasteiger partial charge in [0.25, 0.3) is 11.1 Å². The first-order chi connectivity index (χ1) is 15.9. The Morgan fingerprint density at radius 1 is 1.12 bits per heavy atom. The third-order valence-corrected chi connectivity index (χ3v) is 6.58. The number of thioether (sulfide) groups is 1. The zero-order valence-electron chi connectivity index (χ0n) is 17.5. The van der Waals surface area contributed by atoms with Crippen LogP contribution in [0.1, 0.15) is 11.1 Å². The molecule has 0 atom stereocenters. The molecule has 1 heterocycles. The van der Waals surface area contributed by atoms with Crippen LogP contribution in [-0.2, 0) is 15.8 Å². The van der Waals surface area contributed by atoms with Crippen molar-refractivity contribution in [1.29, 1.82) is 0 Å². The van der Waals surface area contributed by atoms with E-state index < -0.39 is 35.3 Å². The van der Waals surface area contributed by atoms with Gasteiger partial charge in [0.1, 0.15) is 18.0 Å². The van der Waals surface area contributed by atoms with E-state index in [9.17, 15) is 27.6 Å². The van der Waals surface area contributed by atoms with Crippen molar-refractivity contribution in [2.75, 3.05) is 26.1 Å². The molecule has 0 radical (unpaired) electrons. The fourth-order valence-corrected chi connectivity index (χ4v) is 5.34. The van der Waals surface area contributed by atoms with Gasteiger partial charge in [-0.15, -0.1) is 0 Å². The molecule has 34 heavy (non-hydrogen) atoms. The Balaban J connectivity index is 1.77. The van der Waals surface area contributed by atoms with Crippen molar-refractivity contribution in [1.82, 2.24) is 4.90 Å². The van der Waals surface area contributed by atoms with Crippen LogP contribution in [0, 0.1) is 0 Å². The molecule has 1 N–H and O–H groups in total. The first kappa shape index (κ1) is 26.1. The third-order valence-electron chi connectivity index (χ3n) is 4.50. The number of imide groups is 1. The van der Waals surface area contributed by atoms with Crippen LogP contribution in [-0.4, -0.2) is 42.7 Å². The Bertz CT molecular complexity index is 1180. The molecule has 0 aromatic heterocycles. The number of anilines is 1. The lowest BCUT2D eigenvalue weighted by molar-refractivity contribution is -0.137. The van der Waals surface area contributed by atoms with E-state index in [1.165, 1.54) is 20.3 Å². The normalized spacial score (nSPS) is 15.1. The number of nitrogens with zero attached hydrogens (tertiary/aromatic N) is 1. The van der Waals surface area contributed by atoms with E-state index in [0.29, 0.717) is 43.0 Å². The molecule has 3 rings (SSSR count). The smallest absolute Gasteiger partial charge is 0.416 e. The second-order valence-corrected chi connectivity index (χ2v) is 9.45. The van der Waals surface area contributed by atoms with Crippen molar-refractivity contribution in [3.63, 3.8) is 0 Å². The molecule has 1 fully saturated rings. The van der Waals surface area contributed by atoms with Crippen molar-refractivity contribution in [3.8, 4) is 11.5 Å². The maximum Gasteiger partial charge on any atom is 0.416 e. The molecule has 3 amide bonds. The molecule has 0 aliphatic carbocycles. The van der Waals surface area contributed by atoms with E-state index in [1.807, 2.05) is 0 Å². The third kappa shape index (κ3) is 5.76. The Morgan fingerprint density at radius 3 is 2.32 bits per heavy atom. The summed E-state index contributed by atoms with van der Waals surface area (Å²) in [4.78, 5) is 38.3. The van der Waals surface area contributed by atoms with Gasteiger partial charge in [-0.05, 0) is 85.6 Å². The number of ether oxygens (including phenoxy) is 2. The maximum atomic E-state index is 13.0. The number of rotatable bonds is 6. The van der Waals surface area contributed by atoms with E-state index >= 15 is 0 Å². The van der Waals surface area contributed by atoms with Gasteiger partial charge in [0.05, 0.1) is 39.3 Å². The second kappa shape index (κ2) is 10.4. The van der Waals surface area contributed by atoms with Crippen molar-refractivity contribution in [2.45, 2.75) is 6.18 Å². The summed E-state index contributed by atoms with van der Waals surface area (Å²) in [5.41, 5.74) is -0.643. The van der Waals surface area contributed by atoms with E-state index in [2.05, 4.69) is 37.2 Å². The highest BCUT2D eigenvalue weighted by Gasteiger charge is 2.37. The molecule has 0 unspecified atom stereocenters. The number of hydrogen-bond donors (Lipinski definition) is 1. The Morgan fingerprint density at radius 2 is 1.76 bits per heavy atom. The number of carbonyl (C=O) groups is 3. The van der Waals surface area contributed by atoms with E-state index in [4.69, 9.17) is 9.47 Å². The summed E-state index contributed by atoms with van der Waals surface area (Å²) in [6, 6.07) is 5.95. The number of hydrogen-bond acceptors (Lipinski definition) is 6. The van der Waals surface area contributed by atoms with Gasteiger partial charge in [-0.2, -0.15) is 13.2 Å². The molecule has 0 saturated carbocycles. The molecule has 2 aromatic carbocycles. The predicted octanol–water partition coefficient (Wildman–Crippen LogP) is 5.92. The number of carbonyl (C=O) groups excluding carboxylic acids is 3. The van der Waals surface area contributed by atoms with Crippen molar-refractivity contribution >= 4 is 72.4 Å². The van der Waals surface area contributed by atoms with Crippen LogP contribution in [0.4, 0.5) is 23.7 Å². The zero-order valence-corrected chi connectivity index (χ0v) is 21.4. The summed E-state index contributed by atoms with van der Waals surface area (Å²) in [6.07, 6.45) is -3.15. The SMILES string of the molecule is COc1ccc(C(F)(F)F)cc1NC(=O)CN1C(=O)S/C(=C\c2cc(Br)c(OC)c(Br)c2)C1=O.